The lowest BCUT2D eigenvalue weighted by Gasteiger charge is -2.22. The van der Waals surface area contributed by atoms with Gasteiger partial charge in [0.1, 0.15) is 6.10 Å². The van der Waals surface area contributed by atoms with Gasteiger partial charge in [0, 0.05) is 26.7 Å². The first-order valence-electron chi connectivity index (χ1n) is 4.74. The number of nitrogens with zero attached hydrogens (tertiary/aromatic N) is 1. The molecule has 1 aliphatic rings. The van der Waals surface area contributed by atoms with E-state index in [9.17, 15) is 9.90 Å². The Morgan fingerprint density at radius 3 is 2.79 bits per heavy atom. The molecule has 1 rings (SSSR count). The van der Waals surface area contributed by atoms with Gasteiger partial charge in [0.15, 0.2) is 0 Å². The molecular weight excluding hydrogens is 184 g/mol. The molecule has 1 aliphatic heterocycles. The summed E-state index contributed by atoms with van der Waals surface area (Å²) in [5, 5.41) is 9.67. The van der Waals surface area contributed by atoms with Gasteiger partial charge in [-0.3, -0.25) is 4.79 Å². The average molecular weight is 202 g/mol. The molecule has 14 heavy (non-hydrogen) atoms. The van der Waals surface area contributed by atoms with Crippen LogP contribution in [0.15, 0.2) is 0 Å². The third-order valence-electron chi connectivity index (χ3n) is 2.54. The Labute approximate surface area is 83.8 Å². The molecule has 5 nitrogen and oxygen atoms in total. The molecule has 2 unspecified atom stereocenters. The third kappa shape index (κ3) is 2.43. The lowest BCUT2D eigenvalue weighted by Crippen LogP contribution is -2.44. The second kappa shape index (κ2) is 4.25. The van der Waals surface area contributed by atoms with Crippen molar-refractivity contribution in [3.05, 3.63) is 0 Å². The van der Waals surface area contributed by atoms with E-state index in [-0.39, 0.29) is 12.5 Å². The number of β-amino-alcohol motifs (C(OH)–C–C–N with tert-alkyl or cyclic N) is 1. The summed E-state index contributed by atoms with van der Waals surface area (Å²) in [4.78, 5) is 13.3. The van der Waals surface area contributed by atoms with E-state index in [0.717, 1.165) is 0 Å². The Bertz CT molecular complexity index is 214. The average Bonchev–Trinajstić information content (AvgIpc) is 2.48. The number of hydrogen-bond donors (Lipinski definition) is 2. The first-order chi connectivity index (χ1) is 6.50. The maximum absolute atomic E-state index is 11.7. The number of aliphatic hydroxyl groups is 1. The molecule has 0 saturated carbocycles. The van der Waals surface area contributed by atoms with E-state index in [0.29, 0.717) is 19.5 Å². The molecule has 0 bridgehead atoms. The van der Waals surface area contributed by atoms with Crippen LogP contribution in [0.4, 0.5) is 0 Å². The Morgan fingerprint density at radius 1 is 1.79 bits per heavy atom. The first-order valence-corrected chi connectivity index (χ1v) is 4.74. The highest BCUT2D eigenvalue weighted by Gasteiger charge is 2.36. The number of amides is 1. The summed E-state index contributed by atoms with van der Waals surface area (Å²) in [6, 6.07) is 0. The van der Waals surface area contributed by atoms with Gasteiger partial charge in [-0.25, -0.2) is 0 Å². The van der Waals surface area contributed by atoms with Gasteiger partial charge in [0.25, 0.3) is 5.91 Å². The van der Waals surface area contributed by atoms with Crippen molar-refractivity contribution in [2.24, 2.45) is 5.73 Å². The third-order valence-corrected chi connectivity index (χ3v) is 2.54. The van der Waals surface area contributed by atoms with Crippen molar-refractivity contribution in [2.45, 2.75) is 25.0 Å². The molecule has 1 amide bonds. The highest BCUT2D eigenvalue weighted by Crippen LogP contribution is 2.20. The fourth-order valence-electron chi connectivity index (χ4n) is 1.63. The minimum Gasteiger partial charge on any atom is -0.388 e. The van der Waals surface area contributed by atoms with Crippen molar-refractivity contribution in [1.29, 1.82) is 0 Å². The Morgan fingerprint density at radius 2 is 2.43 bits per heavy atom. The quantitative estimate of drug-likeness (QED) is 0.612. The number of rotatable bonds is 3. The lowest BCUT2D eigenvalue weighted by atomic mass is 10.1. The normalized spacial score (nSPS) is 29.3. The van der Waals surface area contributed by atoms with Crippen LogP contribution in [0.1, 0.15) is 13.3 Å². The van der Waals surface area contributed by atoms with E-state index < -0.39 is 11.7 Å². The maximum Gasteiger partial charge on any atom is 0.253 e. The molecule has 2 atom stereocenters. The highest BCUT2D eigenvalue weighted by atomic mass is 16.5. The summed E-state index contributed by atoms with van der Waals surface area (Å²) < 4.78 is 4.94. The largest absolute Gasteiger partial charge is 0.388 e. The van der Waals surface area contributed by atoms with Crippen molar-refractivity contribution >= 4 is 5.91 Å². The molecule has 1 saturated heterocycles. The Kier molecular flexibility index (Phi) is 3.47. The van der Waals surface area contributed by atoms with Crippen LogP contribution in [-0.4, -0.2) is 54.4 Å². The zero-order valence-electron chi connectivity index (χ0n) is 8.69. The fourth-order valence-corrected chi connectivity index (χ4v) is 1.63. The van der Waals surface area contributed by atoms with Gasteiger partial charge in [-0.1, -0.05) is 0 Å². The van der Waals surface area contributed by atoms with Gasteiger partial charge in [0.2, 0.25) is 0 Å². The lowest BCUT2D eigenvalue weighted by molar-refractivity contribution is -0.141. The van der Waals surface area contributed by atoms with Crippen LogP contribution in [0.5, 0.6) is 0 Å². The van der Waals surface area contributed by atoms with Gasteiger partial charge in [-0.2, -0.15) is 0 Å². The molecule has 82 valence electrons. The van der Waals surface area contributed by atoms with Crippen molar-refractivity contribution in [3.63, 3.8) is 0 Å². The fraction of sp³-hybridized carbons (Fsp3) is 0.889. The number of likely N-dealkylation sites (tertiary alicyclic amines) is 1. The van der Waals surface area contributed by atoms with Gasteiger partial charge < -0.3 is 20.5 Å². The van der Waals surface area contributed by atoms with E-state index in [4.69, 9.17) is 10.5 Å². The van der Waals surface area contributed by atoms with E-state index in [1.165, 1.54) is 7.11 Å². The van der Waals surface area contributed by atoms with Crippen LogP contribution in [0.25, 0.3) is 0 Å². The second-order valence-electron chi connectivity index (χ2n) is 3.97. The molecule has 0 aromatic heterocycles. The molecule has 0 aromatic carbocycles. The number of hydrogen-bond acceptors (Lipinski definition) is 4. The molecule has 1 fully saturated rings. The van der Waals surface area contributed by atoms with Crippen molar-refractivity contribution in [2.75, 3.05) is 26.7 Å². The van der Waals surface area contributed by atoms with E-state index in [2.05, 4.69) is 0 Å². The van der Waals surface area contributed by atoms with Crippen molar-refractivity contribution in [1.82, 2.24) is 4.90 Å². The minimum absolute atomic E-state index is 0.132. The number of carbonyl (C=O) groups is 1. The van der Waals surface area contributed by atoms with Crippen LogP contribution < -0.4 is 5.73 Å². The van der Waals surface area contributed by atoms with Crippen molar-refractivity contribution in [3.8, 4) is 0 Å². The van der Waals surface area contributed by atoms with Gasteiger partial charge in [-0.15, -0.1) is 0 Å². The summed E-state index contributed by atoms with van der Waals surface area (Å²) in [7, 11) is 1.46. The number of carbonyl (C=O) groups excluding carboxylic acids is 1. The van der Waals surface area contributed by atoms with Crippen LogP contribution in [0.2, 0.25) is 0 Å². The summed E-state index contributed by atoms with van der Waals surface area (Å²) in [6.45, 7) is 2.84. The van der Waals surface area contributed by atoms with Crippen LogP contribution in [0, 0.1) is 0 Å². The monoisotopic (exact) mass is 202 g/mol. The number of ether oxygens (including phenoxy) is 1. The summed E-state index contributed by atoms with van der Waals surface area (Å²) in [5.74, 6) is -0.132. The van der Waals surface area contributed by atoms with Crippen molar-refractivity contribution < 1.29 is 14.6 Å². The predicted molar refractivity (Wildman–Crippen MR) is 51.7 cm³/mol. The van der Waals surface area contributed by atoms with E-state index in [1.807, 2.05) is 0 Å². The number of nitrogens with two attached hydrogens (primary N) is 1. The van der Waals surface area contributed by atoms with Gasteiger partial charge in [-0.05, 0) is 13.3 Å². The maximum atomic E-state index is 11.7. The molecule has 3 N–H and O–H groups in total. The molecule has 1 heterocycles. The number of methoxy groups -OCH3 is 1. The van der Waals surface area contributed by atoms with Crippen LogP contribution >= 0.6 is 0 Å². The zero-order valence-corrected chi connectivity index (χ0v) is 8.69. The topological polar surface area (TPSA) is 75.8 Å². The molecule has 0 aromatic rings. The van der Waals surface area contributed by atoms with E-state index >= 15 is 0 Å². The van der Waals surface area contributed by atoms with Gasteiger partial charge >= 0.3 is 0 Å². The first kappa shape index (κ1) is 11.4. The summed E-state index contributed by atoms with van der Waals surface area (Å²) in [6.07, 6.45) is 0.0311. The minimum atomic E-state index is -0.761. The molecule has 0 spiro atoms. The smallest absolute Gasteiger partial charge is 0.253 e. The Hall–Kier alpha value is -0.650. The SMILES string of the molecule is COC(CN)C(=O)N1CCC(C)(O)C1. The molecular formula is C9H18N2O3. The molecule has 0 aliphatic carbocycles. The van der Waals surface area contributed by atoms with Gasteiger partial charge in [0.05, 0.1) is 5.60 Å². The molecule has 5 heteroatoms. The van der Waals surface area contributed by atoms with Crippen LogP contribution in [0.3, 0.4) is 0 Å². The summed E-state index contributed by atoms with van der Waals surface area (Å²) in [5.41, 5.74) is 4.62. The highest BCUT2D eigenvalue weighted by molar-refractivity contribution is 5.81. The second-order valence-corrected chi connectivity index (χ2v) is 3.97. The predicted octanol–water partition coefficient (Wildman–Crippen LogP) is -1.06. The van der Waals surface area contributed by atoms with E-state index in [1.54, 1.807) is 11.8 Å². The zero-order chi connectivity index (χ0) is 10.8. The Balaban J connectivity index is 2.54. The van der Waals surface area contributed by atoms with Crippen LogP contribution in [-0.2, 0) is 9.53 Å². The summed E-state index contributed by atoms with van der Waals surface area (Å²) >= 11 is 0. The molecule has 0 radical (unpaired) electrons. The standard InChI is InChI=1S/C9H18N2O3/c1-9(13)3-4-11(6-9)8(12)7(5-10)14-2/h7,13H,3-6,10H2,1-2H3.